The van der Waals surface area contributed by atoms with Gasteiger partial charge in [-0.15, -0.1) is 22.7 Å². The van der Waals surface area contributed by atoms with Gasteiger partial charge in [0.05, 0.1) is 11.7 Å². The van der Waals surface area contributed by atoms with E-state index in [0.29, 0.717) is 21.8 Å². The molecule has 0 bridgehead atoms. The normalized spacial score (nSPS) is 12.3. The van der Waals surface area contributed by atoms with Crippen LogP contribution in [0.4, 0.5) is 5.13 Å². The highest BCUT2D eigenvalue weighted by atomic mass is 32.1. The molecule has 8 heteroatoms. The van der Waals surface area contributed by atoms with Gasteiger partial charge in [0.2, 0.25) is 5.91 Å². The van der Waals surface area contributed by atoms with E-state index in [1.165, 1.54) is 33.6 Å². The summed E-state index contributed by atoms with van der Waals surface area (Å²) in [6, 6.07) is 13.6. The number of benzene rings is 2. The average molecular weight is 447 g/mol. The Balaban J connectivity index is 1.60. The zero-order chi connectivity index (χ0) is 21.4. The van der Waals surface area contributed by atoms with E-state index in [1.54, 1.807) is 11.6 Å². The van der Waals surface area contributed by atoms with Crippen molar-refractivity contribution in [1.82, 2.24) is 14.5 Å². The van der Waals surface area contributed by atoms with Crippen LogP contribution < -0.4 is 10.9 Å². The van der Waals surface area contributed by atoms with Crippen molar-refractivity contribution in [2.24, 2.45) is 0 Å². The van der Waals surface area contributed by atoms with Gasteiger partial charge in [-0.1, -0.05) is 43.3 Å². The summed E-state index contributed by atoms with van der Waals surface area (Å²) in [6.45, 7) is 1.88. The summed E-state index contributed by atoms with van der Waals surface area (Å²) >= 11 is 2.77. The fourth-order valence-corrected chi connectivity index (χ4v) is 5.16. The number of thiophene rings is 1. The molecule has 5 rings (SSSR count). The summed E-state index contributed by atoms with van der Waals surface area (Å²) in [7, 11) is 0. The highest BCUT2D eigenvalue weighted by molar-refractivity contribution is 7.17. The van der Waals surface area contributed by atoms with Crippen LogP contribution in [0.15, 0.2) is 70.5 Å². The van der Waals surface area contributed by atoms with E-state index >= 15 is 0 Å². The van der Waals surface area contributed by atoms with Crippen LogP contribution in [-0.4, -0.2) is 20.4 Å². The maximum Gasteiger partial charge on any atom is 0.263 e. The van der Waals surface area contributed by atoms with Crippen LogP contribution in [0.5, 0.6) is 0 Å². The molecule has 3 aromatic heterocycles. The highest BCUT2D eigenvalue weighted by Gasteiger charge is 2.23. The third-order valence-corrected chi connectivity index (χ3v) is 6.84. The first kappa shape index (κ1) is 19.6. The number of carbonyl (C=O) groups is 1. The fraction of sp³-hybridized carbons (Fsp3) is 0.130. The minimum Gasteiger partial charge on any atom is -0.300 e. The highest BCUT2D eigenvalue weighted by Crippen LogP contribution is 2.33. The van der Waals surface area contributed by atoms with Gasteiger partial charge < -0.3 is 5.32 Å². The first-order chi connectivity index (χ1) is 15.2. The van der Waals surface area contributed by atoms with Crippen molar-refractivity contribution in [3.63, 3.8) is 0 Å². The maximum atomic E-state index is 13.5. The molecule has 1 unspecified atom stereocenters. The molecule has 0 aliphatic heterocycles. The zero-order valence-corrected chi connectivity index (χ0v) is 18.2. The molecule has 6 nitrogen and oxygen atoms in total. The van der Waals surface area contributed by atoms with E-state index in [4.69, 9.17) is 0 Å². The molecular weight excluding hydrogens is 428 g/mol. The summed E-state index contributed by atoms with van der Waals surface area (Å²) in [5.74, 6) is -0.275. The second kappa shape index (κ2) is 8.05. The lowest BCUT2D eigenvalue weighted by Gasteiger charge is -2.16. The molecule has 0 saturated carbocycles. The smallest absolute Gasteiger partial charge is 0.263 e. The first-order valence-electron chi connectivity index (χ1n) is 9.83. The van der Waals surface area contributed by atoms with Gasteiger partial charge in [-0.25, -0.2) is 9.97 Å². The van der Waals surface area contributed by atoms with Crippen LogP contribution in [0.2, 0.25) is 0 Å². The van der Waals surface area contributed by atoms with Gasteiger partial charge in [0, 0.05) is 22.5 Å². The molecule has 1 amide bonds. The maximum absolute atomic E-state index is 13.5. The number of aromatic nitrogens is 3. The molecule has 2 aromatic carbocycles. The van der Waals surface area contributed by atoms with Gasteiger partial charge in [-0.2, -0.15) is 0 Å². The number of nitrogens with zero attached hydrogens (tertiary/aromatic N) is 3. The second-order valence-electron chi connectivity index (χ2n) is 7.10. The average Bonchev–Trinajstić information content (AvgIpc) is 3.45. The van der Waals surface area contributed by atoms with Crippen LogP contribution in [0, 0.1) is 0 Å². The zero-order valence-electron chi connectivity index (χ0n) is 16.6. The van der Waals surface area contributed by atoms with Crippen LogP contribution in [0.1, 0.15) is 19.4 Å². The molecule has 0 radical (unpaired) electrons. The molecule has 31 heavy (non-hydrogen) atoms. The Morgan fingerprint density at radius 2 is 1.97 bits per heavy atom. The summed E-state index contributed by atoms with van der Waals surface area (Å²) in [6.07, 6.45) is 3.56. The summed E-state index contributed by atoms with van der Waals surface area (Å²) in [5, 5.41) is 9.85. The van der Waals surface area contributed by atoms with Crippen LogP contribution in [0.3, 0.4) is 0 Å². The number of amides is 1. The van der Waals surface area contributed by atoms with Crippen molar-refractivity contribution in [3.05, 3.63) is 76.1 Å². The lowest BCUT2D eigenvalue weighted by molar-refractivity contribution is -0.119. The molecule has 0 fully saturated rings. The second-order valence-corrected chi connectivity index (χ2v) is 8.85. The molecule has 0 saturated heterocycles. The lowest BCUT2D eigenvalue weighted by Crippen LogP contribution is -2.33. The molecule has 0 aliphatic carbocycles. The Kier molecular flexibility index (Phi) is 5.09. The Labute approximate surface area is 185 Å². The van der Waals surface area contributed by atoms with Crippen molar-refractivity contribution in [3.8, 4) is 11.1 Å². The van der Waals surface area contributed by atoms with Crippen LogP contribution in [-0.2, 0) is 4.79 Å². The Morgan fingerprint density at radius 1 is 1.13 bits per heavy atom. The molecule has 0 spiro atoms. The summed E-state index contributed by atoms with van der Waals surface area (Å²) < 4.78 is 1.43. The number of rotatable bonds is 5. The predicted octanol–water partition coefficient (Wildman–Crippen LogP) is 5.32. The molecule has 5 aromatic rings. The Bertz CT molecular complexity index is 1450. The molecule has 0 aliphatic rings. The Morgan fingerprint density at radius 3 is 2.74 bits per heavy atom. The number of thiazole rings is 1. The third-order valence-electron chi connectivity index (χ3n) is 5.27. The van der Waals surface area contributed by atoms with Gasteiger partial charge in [0.1, 0.15) is 10.9 Å². The quantitative estimate of drug-likeness (QED) is 0.396. The molecular formula is C23H18N4O2S2. The minimum absolute atomic E-state index is 0.212. The van der Waals surface area contributed by atoms with Crippen molar-refractivity contribution in [1.29, 1.82) is 0 Å². The number of nitrogens with one attached hydrogen (secondary N) is 1. The minimum atomic E-state index is -0.669. The van der Waals surface area contributed by atoms with Gasteiger partial charge in [-0.3, -0.25) is 14.2 Å². The molecule has 1 N–H and O–H groups in total. The van der Waals surface area contributed by atoms with Gasteiger partial charge >= 0.3 is 0 Å². The SMILES string of the molecule is CCC(C(=O)Nc1nccs1)n1cnc2scc(-c3ccc4ccccc4c3)c2c1=O. The first-order valence-corrected chi connectivity index (χ1v) is 11.6. The van der Waals surface area contributed by atoms with Crippen molar-refractivity contribution in [2.45, 2.75) is 19.4 Å². The lowest BCUT2D eigenvalue weighted by atomic mass is 10.0. The molecule has 3 heterocycles. The van der Waals surface area contributed by atoms with Crippen molar-refractivity contribution in [2.75, 3.05) is 5.32 Å². The Hall–Kier alpha value is -3.36. The summed E-state index contributed by atoms with van der Waals surface area (Å²) in [5.41, 5.74) is 1.59. The fourth-order valence-electron chi connectivity index (χ4n) is 3.72. The predicted molar refractivity (Wildman–Crippen MR) is 127 cm³/mol. The van der Waals surface area contributed by atoms with Gasteiger partial charge in [-0.05, 0) is 28.8 Å². The topological polar surface area (TPSA) is 76.9 Å². The number of carbonyl (C=O) groups excluding carboxylic acids is 1. The van der Waals surface area contributed by atoms with Crippen molar-refractivity contribution >= 4 is 54.7 Å². The number of anilines is 1. The van der Waals surface area contributed by atoms with Gasteiger partial charge in [0.25, 0.3) is 5.56 Å². The molecule has 154 valence electrons. The van der Waals surface area contributed by atoms with E-state index in [-0.39, 0.29) is 11.5 Å². The third kappa shape index (κ3) is 3.54. The van der Waals surface area contributed by atoms with E-state index in [2.05, 4.69) is 39.6 Å². The standard InChI is InChI=1S/C23H18N4O2S2/c1-2-18(20(28)26-23-24-9-10-30-23)27-13-25-21-19(22(27)29)17(12-31-21)16-8-7-14-5-3-4-6-15(14)11-16/h3-13,18H,2H2,1H3,(H,24,26,28). The summed E-state index contributed by atoms with van der Waals surface area (Å²) in [4.78, 5) is 35.6. The van der Waals surface area contributed by atoms with Gasteiger partial charge in [0.15, 0.2) is 5.13 Å². The molecule has 1 atom stereocenters. The van der Waals surface area contributed by atoms with E-state index in [9.17, 15) is 9.59 Å². The van der Waals surface area contributed by atoms with Crippen LogP contribution >= 0.6 is 22.7 Å². The van der Waals surface area contributed by atoms with E-state index in [1.807, 2.05) is 30.5 Å². The number of hydrogen-bond donors (Lipinski definition) is 1. The van der Waals surface area contributed by atoms with Crippen molar-refractivity contribution < 1.29 is 4.79 Å². The van der Waals surface area contributed by atoms with E-state index in [0.717, 1.165) is 21.9 Å². The number of fused-ring (bicyclic) bond motifs is 2. The van der Waals surface area contributed by atoms with E-state index < -0.39 is 6.04 Å². The number of hydrogen-bond acceptors (Lipinski definition) is 6. The monoisotopic (exact) mass is 446 g/mol. The van der Waals surface area contributed by atoms with Crippen LogP contribution in [0.25, 0.3) is 32.1 Å². The largest absolute Gasteiger partial charge is 0.300 e.